The van der Waals surface area contributed by atoms with Crippen LogP contribution in [-0.4, -0.2) is 18.0 Å². The maximum atomic E-state index is 12.6. The topological polar surface area (TPSA) is 55.4 Å². The van der Waals surface area contributed by atoms with Crippen LogP contribution >= 0.6 is 23.2 Å². The molecule has 4 nitrogen and oxygen atoms in total. The standard InChI is InChI=1S/C16H11Cl2NO3/c17-10-6-7-11(12(18)8-10)13-15(22-16(21)19-13)14(20)9-4-2-1-3-5-9/h1-8,13,15H,(H,19,21)/t13-,15+/m1/s1. The molecule has 0 unspecified atom stereocenters. The highest BCUT2D eigenvalue weighted by Gasteiger charge is 2.41. The van der Waals surface area contributed by atoms with Crippen molar-refractivity contribution in [1.82, 2.24) is 5.32 Å². The molecule has 112 valence electrons. The van der Waals surface area contributed by atoms with E-state index >= 15 is 0 Å². The lowest BCUT2D eigenvalue weighted by molar-refractivity contribution is 0.0721. The van der Waals surface area contributed by atoms with Gasteiger partial charge in [0.25, 0.3) is 0 Å². The number of ether oxygens (including phenoxy) is 1. The number of benzene rings is 2. The molecule has 0 saturated carbocycles. The lowest BCUT2D eigenvalue weighted by Gasteiger charge is -2.17. The number of carbonyl (C=O) groups excluding carboxylic acids is 2. The summed E-state index contributed by atoms with van der Waals surface area (Å²) >= 11 is 12.0. The average Bonchev–Trinajstić information content (AvgIpc) is 2.89. The van der Waals surface area contributed by atoms with E-state index in [9.17, 15) is 9.59 Å². The molecule has 2 aromatic rings. The van der Waals surface area contributed by atoms with Crippen molar-refractivity contribution in [3.63, 3.8) is 0 Å². The third kappa shape index (κ3) is 2.80. The molecule has 2 atom stereocenters. The predicted octanol–water partition coefficient (Wildman–Crippen LogP) is 4.03. The molecule has 1 aliphatic heterocycles. The summed E-state index contributed by atoms with van der Waals surface area (Å²) in [7, 11) is 0. The molecule has 1 amide bonds. The molecule has 0 radical (unpaired) electrons. The normalized spacial score (nSPS) is 20.4. The fourth-order valence-electron chi connectivity index (χ4n) is 2.39. The zero-order valence-corrected chi connectivity index (χ0v) is 12.8. The van der Waals surface area contributed by atoms with Gasteiger partial charge in [-0.15, -0.1) is 0 Å². The second kappa shape index (κ2) is 5.99. The molecule has 1 fully saturated rings. The highest BCUT2D eigenvalue weighted by Crippen LogP contribution is 2.33. The Hall–Kier alpha value is -2.04. The minimum Gasteiger partial charge on any atom is -0.435 e. The number of nitrogens with one attached hydrogen (secondary N) is 1. The lowest BCUT2D eigenvalue weighted by Crippen LogP contribution is -2.29. The molecule has 0 aromatic heterocycles. The van der Waals surface area contributed by atoms with E-state index in [0.717, 1.165) is 0 Å². The predicted molar refractivity (Wildman–Crippen MR) is 83.4 cm³/mol. The van der Waals surface area contributed by atoms with E-state index in [1.54, 1.807) is 42.5 Å². The van der Waals surface area contributed by atoms with Gasteiger partial charge in [-0.25, -0.2) is 4.79 Å². The molecule has 3 rings (SSSR count). The number of Topliss-reactive ketones (excluding diaryl/α,β-unsaturated/α-hetero) is 1. The number of amides is 1. The van der Waals surface area contributed by atoms with Gasteiger partial charge in [0.05, 0.1) is 0 Å². The van der Waals surface area contributed by atoms with Crippen molar-refractivity contribution >= 4 is 35.1 Å². The van der Waals surface area contributed by atoms with Crippen LogP contribution in [0.1, 0.15) is 22.0 Å². The minimum absolute atomic E-state index is 0.282. The molecule has 0 spiro atoms. The first-order valence-electron chi connectivity index (χ1n) is 6.57. The van der Waals surface area contributed by atoms with E-state index in [4.69, 9.17) is 27.9 Å². The van der Waals surface area contributed by atoms with E-state index in [2.05, 4.69) is 5.32 Å². The number of alkyl carbamates (subject to hydrolysis) is 1. The number of ketones is 1. The molecule has 0 aliphatic carbocycles. The van der Waals surface area contributed by atoms with Crippen LogP contribution in [0.2, 0.25) is 10.0 Å². The van der Waals surface area contributed by atoms with E-state index in [1.807, 2.05) is 6.07 Å². The molecular weight excluding hydrogens is 325 g/mol. The van der Waals surface area contributed by atoms with Gasteiger partial charge >= 0.3 is 6.09 Å². The summed E-state index contributed by atoms with van der Waals surface area (Å²) in [5.41, 5.74) is 1.06. The van der Waals surface area contributed by atoms with Gasteiger partial charge in [-0.2, -0.15) is 0 Å². The Bertz CT molecular complexity index is 733. The number of halogens is 2. The van der Waals surface area contributed by atoms with Crippen LogP contribution in [0.4, 0.5) is 4.79 Å². The molecule has 0 bridgehead atoms. The van der Waals surface area contributed by atoms with Gasteiger partial charge in [-0.3, -0.25) is 4.79 Å². The summed E-state index contributed by atoms with van der Waals surface area (Å²) in [6, 6.07) is 12.9. The second-order valence-electron chi connectivity index (χ2n) is 4.84. The molecule has 1 heterocycles. The summed E-state index contributed by atoms with van der Waals surface area (Å²) in [6.07, 6.45) is -1.61. The molecule has 22 heavy (non-hydrogen) atoms. The number of hydrogen-bond donors (Lipinski definition) is 1. The largest absolute Gasteiger partial charge is 0.435 e. The fraction of sp³-hybridized carbons (Fsp3) is 0.125. The van der Waals surface area contributed by atoms with Gasteiger partial charge < -0.3 is 10.1 Å². The third-order valence-corrected chi connectivity index (χ3v) is 3.99. The van der Waals surface area contributed by atoms with Gasteiger partial charge in [0.2, 0.25) is 5.78 Å². The van der Waals surface area contributed by atoms with Gasteiger partial charge in [0, 0.05) is 15.6 Å². The smallest absolute Gasteiger partial charge is 0.408 e. The maximum absolute atomic E-state index is 12.6. The molecule has 1 aliphatic rings. The van der Waals surface area contributed by atoms with Crippen molar-refractivity contribution in [2.45, 2.75) is 12.1 Å². The van der Waals surface area contributed by atoms with E-state index in [1.165, 1.54) is 0 Å². The van der Waals surface area contributed by atoms with Crippen molar-refractivity contribution in [2.75, 3.05) is 0 Å². The fourth-order valence-corrected chi connectivity index (χ4v) is 2.91. The third-order valence-electron chi connectivity index (χ3n) is 3.42. The van der Waals surface area contributed by atoms with Crippen molar-refractivity contribution in [3.8, 4) is 0 Å². The van der Waals surface area contributed by atoms with Crippen molar-refractivity contribution < 1.29 is 14.3 Å². The van der Waals surface area contributed by atoms with Gasteiger partial charge in [0.1, 0.15) is 6.04 Å². The van der Waals surface area contributed by atoms with Crippen LogP contribution in [0.25, 0.3) is 0 Å². The quantitative estimate of drug-likeness (QED) is 0.861. The number of hydrogen-bond acceptors (Lipinski definition) is 3. The van der Waals surface area contributed by atoms with E-state index in [-0.39, 0.29) is 5.78 Å². The highest BCUT2D eigenvalue weighted by atomic mass is 35.5. The Morgan fingerprint density at radius 1 is 1.09 bits per heavy atom. The lowest BCUT2D eigenvalue weighted by atomic mass is 9.95. The Labute approximate surface area is 137 Å². The Morgan fingerprint density at radius 2 is 1.82 bits per heavy atom. The Morgan fingerprint density at radius 3 is 2.50 bits per heavy atom. The van der Waals surface area contributed by atoms with Crippen molar-refractivity contribution in [1.29, 1.82) is 0 Å². The summed E-state index contributed by atoms with van der Waals surface area (Å²) in [4.78, 5) is 24.2. The molecule has 1 saturated heterocycles. The van der Waals surface area contributed by atoms with Crippen LogP contribution in [0.15, 0.2) is 48.5 Å². The molecule has 1 N–H and O–H groups in total. The van der Waals surface area contributed by atoms with Crippen LogP contribution in [0, 0.1) is 0 Å². The molecule has 2 aromatic carbocycles. The summed E-state index contributed by atoms with van der Waals surface area (Å²) in [6.45, 7) is 0. The minimum atomic E-state index is -0.964. The number of carbonyl (C=O) groups is 2. The van der Waals surface area contributed by atoms with Crippen molar-refractivity contribution in [3.05, 3.63) is 69.7 Å². The zero-order chi connectivity index (χ0) is 15.7. The summed E-state index contributed by atoms with van der Waals surface area (Å²) in [5, 5.41) is 3.47. The molecular formula is C16H11Cl2NO3. The van der Waals surface area contributed by atoms with Crippen LogP contribution < -0.4 is 5.32 Å². The maximum Gasteiger partial charge on any atom is 0.408 e. The van der Waals surface area contributed by atoms with Crippen LogP contribution in [0.5, 0.6) is 0 Å². The Kier molecular flexibility index (Phi) is 4.05. The summed E-state index contributed by atoms with van der Waals surface area (Å²) < 4.78 is 5.14. The first-order valence-corrected chi connectivity index (χ1v) is 7.33. The first kappa shape index (κ1) is 14.9. The molecule has 6 heteroatoms. The van der Waals surface area contributed by atoms with Gasteiger partial charge in [0.15, 0.2) is 6.10 Å². The average molecular weight is 336 g/mol. The first-order chi connectivity index (χ1) is 10.6. The van der Waals surface area contributed by atoms with Gasteiger partial charge in [-0.05, 0) is 17.7 Å². The second-order valence-corrected chi connectivity index (χ2v) is 5.69. The van der Waals surface area contributed by atoms with E-state index in [0.29, 0.717) is 21.2 Å². The number of cyclic esters (lactones) is 1. The Balaban J connectivity index is 1.96. The number of rotatable bonds is 3. The van der Waals surface area contributed by atoms with Crippen LogP contribution in [-0.2, 0) is 4.74 Å². The van der Waals surface area contributed by atoms with E-state index < -0.39 is 18.2 Å². The summed E-state index contributed by atoms with van der Waals surface area (Å²) in [5.74, 6) is -0.282. The van der Waals surface area contributed by atoms with Crippen molar-refractivity contribution in [2.24, 2.45) is 0 Å². The highest BCUT2D eigenvalue weighted by molar-refractivity contribution is 6.35. The monoisotopic (exact) mass is 335 g/mol. The van der Waals surface area contributed by atoms with Gasteiger partial charge in [-0.1, -0.05) is 59.6 Å². The van der Waals surface area contributed by atoms with Crippen LogP contribution in [0.3, 0.4) is 0 Å². The SMILES string of the molecule is O=C1N[C@H](c2ccc(Cl)cc2Cl)[C@@H](C(=O)c2ccccc2)O1. The zero-order valence-electron chi connectivity index (χ0n) is 11.3.